The maximum Gasteiger partial charge on any atom is 0.404 e. The van der Waals surface area contributed by atoms with Crippen LogP contribution in [0.25, 0.3) is 11.3 Å². The van der Waals surface area contributed by atoms with Crippen LogP contribution in [0.15, 0.2) is 34.9 Å². The van der Waals surface area contributed by atoms with E-state index < -0.39 is 6.09 Å². The largest absolute Gasteiger partial charge is 0.465 e. The summed E-state index contributed by atoms with van der Waals surface area (Å²) in [7, 11) is 0. The van der Waals surface area contributed by atoms with Crippen LogP contribution in [0.4, 0.5) is 4.79 Å². The zero-order chi connectivity index (χ0) is 13.0. The minimum Gasteiger partial charge on any atom is -0.465 e. The molecular weight excluding hydrogens is 298 g/mol. The standard InChI is InChI=1S/C12H12BrN3O2/c13-9-3-1-2-8(6-9)10-7-15-11(16-10)4-5-14-12(17)18/h1-3,6-7,14H,4-5H2,(H,15,16)(H,17,18). The van der Waals surface area contributed by atoms with Crippen LogP contribution >= 0.6 is 15.9 Å². The van der Waals surface area contributed by atoms with Crippen molar-refractivity contribution in [3.63, 3.8) is 0 Å². The van der Waals surface area contributed by atoms with E-state index in [9.17, 15) is 4.79 Å². The monoisotopic (exact) mass is 309 g/mol. The quantitative estimate of drug-likeness (QED) is 0.812. The molecule has 0 fully saturated rings. The average Bonchev–Trinajstić information content (AvgIpc) is 2.77. The molecule has 0 radical (unpaired) electrons. The van der Waals surface area contributed by atoms with Crippen LogP contribution in [-0.2, 0) is 6.42 Å². The summed E-state index contributed by atoms with van der Waals surface area (Å²) in [5.74, 6) is 0.763. The fraction of sp³-hybridized carbons (Fsp3) is 0.167. The van der Waals surface area contributed by atoms with E-state index in [0.29, 0.717) is 13.0 Å². The Morgan fingerprint density at radius 3 is 3.06 bits per heavy atom. The van der Waals surface area contributed by atoms with Crippen molar-refractivity contribution in [1.82, 2.24) is 15.3 Å². The summed E-state index contributed by atoms with van der Waals surface area (Å²) in [6, 6.07) is 7.88. The van der Waals surface area contributed by atoms with Gasteiger partial charge in [-0.05, 0) is 12.1 Å². The number of imidazole rings is 1. The third-order valence-corrected chi connectivity index (χ3v) is 2.90. The molecule has 18 heavy (non-hydrogen) atoms. The molecule has 0 aliphatic heterocycles. The van der Waals surface area contributed by atoms with Gasteiger partial charge in [-0.1, -0.05) is 28.1 Å². The zero-order valence-corrected chi connectivity index (χ0v) is 11.1. The Balaban J connectivity index is 2.04. The zero-order valence-electron chi connectivity index (χ0n) is 9.48. The second kappa shape index (κ2) is 5.68. The van der Waals surface area contributed by atoms with Gasteiger partial charge in [-0.15, -0.1) is 0 Å². The van der Waals surface area contributed by atoms with Crippen LogP contribution in [0.5, 0.6) is 0 Å². The number of halogens is 1. The number of benzene rings is 1. The third-order valence-electron chi connectivity index (χ3n) is 2.40. The van der Waals surface area contributed by atoms with Crippen molar-refractivity contribution in [1.29, 1.82) is 0 Å². The molecule has 0 saturated carbocycles. The molecule has 6 heteroatoms. The minimum atomic E-state index is -1.02. The lowest BCUT2D eigenvalue weighted by molar-refractivity contribution is 0.194. The van der Waals surface area contributed by atoms with E-state index in [1.807, 2.05) is 24.3 Å². The van der Waals surface area contributed by atoms with Crippen molar-refractivity contribution in [3.8, 4) is 11.3 Å². The molecule has 3 N–H and O–H groups in total. The highest BCUT2D eigenvalue weighted by molar-refractivity contribution is 9.10. The van der Waals surface area contributed by atoms with Gasteiger partial charge in [0.15, 0.2) is 0 Å². The molecule has 0 unspecified atom stereocenters. The predicted molar refractivity (Wildman–Crippen MR) is 71.5 cm³/mol. The lowest BCUT2D eigenvalue weighted by Gasteiger charge is -1.99. The number of hydrogen-bond donors (Lipinski definition) is 3. The summed E-state index contributed by atoms with van der Waals surface area (Å²) >= 11 is 3.41. The van der Waals surface area contributed by atoms with Gasteiger partial charge in [-0.3, -0.25) is 0 Å². The molecule has 1 aromatic carbocycles. The lowest BCUT2D eigenvalue weighted by Crippen LogP contribution is -2.23. The van der Waals surface area contributed by atoms with Crippen molar-refractivity contribution in [2.24, 2.45) is 0 Å². The summed E-state index contributed by atoms with van der Waals surface area (Å²) < 4.78 is 1.00. The summed E-state index contributed by atoms with van der Waals surface area (Å²) in [6.45, 7) is 0.348. The normalized spacial score (nSPS) is 10.3. The molecule has 2 aromatic rings. The second-order valence-electron chi connectivity index (χ2n) is 3.74. The average molecular weight is 310 g/mol. The number of carbonyl (C=O) groups is 1. The van der Waals surface area contributed by atoms with E-state index in [1.54, 1.807) is 6.20 Å². The van der Waals surface area contributed by atoms with Crippen molar-refractivity contribution in [3.05, 3.63) is 40.8 Å². The van der Waals surface area contributed by atoms with E-state index in [1.165, 1.54) is 0 Å². The van der Waals surface area contributed by atoms with Gasteiger partial charge in [0.2, 0.25) is 0 Å². The van der Waals surface area contributed by atoms with Crippen LogP contribution in [0, 0.1) is 0 Å². The minimum absolute atomic E-state index is 0.348. The molecule has 1 aromatic heterocycles. The molecule has 1 amide bonds. The van der Waals surface area contributed by atoms with Crippen LogP contribution < -0.4 is 5.32 Å². The molecule has 1 heterocycles. The molecule has 94 valence electrons. The predicted octanol–water partition coefficient (Wildman–Crippen LogP) is 2.65. The van der Waals surface area contributed by atoms with Crippen LogP contribution in [0.1, 0.15) is 5.82 Å². The summed E-state index contributed by atoms with van der Waals surface area (Å²) in [5.41, 5.74) is 1.95. The Hall–Kier alpha value is -1.82. The number of amides is 1. The van der Waals surface area contributed by atoms with Crippen LogP contribution in [0.2, 0.25) is 0 Å². The van der Waals surface area contributed by atoms with E-state index in [4.69, 9.17) is 5.11 Å². The highest BCUT2D eigenvalue weighted by Gasteiger charge is 2.04. The van der Waals surface area contributed by atoms with Gasteiger partial charge in [-0.25, -0.2) is 9.78 Å². The maximum atomic E-state index is 10.3. The first-order valence-corrected chi connectivity index (χ1v) is 6.21. The number of nitrogens with one attached hydrogen (secondary N) is 2. The molecule has 0 saturated heterocycles. The Bertz CT molecular complexity index is 554. The molecular formula is C12H12BrN3O2. The Morgan fingerprint density at radius 1 is 1.50 bits per heavy atom. The first-order valence-electron chi connectivity index (χ1n) is 5.42. The van der Waals surface area contributed by atoms with Gasteiger partial charge >= 0.3 is 6.09 Å². The number of aromatic nitrogens is 2. The molecule has 0 aliphatic rings. The number of H-pyrrole nitrogens is 1. The molecule has 0 bridgehead atoms. The van der Waals surface area contributed by atoms with E-state index in [2.05, 4.69) is 31.2 Å². The Labute approximate surface area is 112 Å². The van der Waals surface area contributed by atoms with Crippen molar-refractivity contribution >= 4 is 22.0 Å². The van der Waals surface area contributed by atoms with Gasteiger partial charge in [0, 0.05) is 23.0 Å². The maximum absolute atomic E-state index is 10.3. The summed E-state index contributed by atoms with van der Waals surface area (Å²) in [5, 5.41) is 10.8. The van der Waals surface area contributed by atoms with E-state index in [0.717, 1.165) is 21.6 Å². The Kier molecular flexibility index (Phi) is 3.99. The second-order valence-corrected chi connectivity index (χ2v) is 4.65. The number of nitrogens with zero attached hydrogens (tertiary/aromatic N) is 1. The number of carboxylic acid groups (broad SMARTS) is 1. The van der Waals surface area contributed by atoms with Crippen molar-refractivity contribution in [2.75, 3.05) is 6.54 Å². The van der Waals surface area contributed by atoms with Gasteiger partial charge in [-0.2, -0.15) is 0 Å². The summed E-state index contributed by atoms with van der Waals surface area (Å²) in [4.78, 5) is 17.7. The van der Waals surface area contributed by atoms with E-state index in [-0.39, 0.29) is 0 Å². The van der Waals surface area contributed by atoms with Crippen molar-refractivity contribution < 1.29 is 9.90 Å². The van der Waals surface area contributed by atoms with Gasteiger partial charge in [0.25, 0.3) is 0 Å². The van der Waals surface area contributed by atoms with Crippen LogP contribution in [0.3, 0.4) is 0 Å². The molecule has 5 nitrogen and oxygen atoms in total. The lowest BCUT2D eigenvalue weighted by atomic mass is 10.2. The highest BCUT2D eigenvalue weighted by atomic mass is 79.9. The van der Waals surface area contributed by atoms with Gasteiger partial charge in [0.05, 0.1) is 11.9 Å². The smallest absolute Gasteiger partial charge is 0.404 e. The third kappa shape index (κ3) is 3.33. The Morgan fingerprint density at radius 2 is 2.33 bits per heavy atom. The number of rotatable bonds is 4. The number of hydrogen-bond acceptors (Lipinski definition) is 2. The molecule has 0 aliphatic carbocycles. The first-order chi connectivity index (χ1) is 8.65. The molecule has 0 atom stereocenters. The number of aromatic amines is 1. The van der Waals surface area contributed by atoms with Gasteiger partial charge in [0.1, 0.15) is 5.82 Å². The molecule has 2 rings (SSSR count). The summed E-state index contributed by atoms with van der Waals surface area (Å²) in [6.07, 6.45) is 1.27. The first kappa shape index (κ1) is 12.6. The van der Waals surface area contributed by atoms with Crippen LogP contribution in [-0.4, -0.2) is 27.7 Å². The van der Waals surface area contributed by atoms with Crippen molar-refractivity contribution in [2.45, 2.75) is 6.42 Å². The SMILES string of the molecule is O=C(O)NCCc1ncc(-c2cccc(Br)c2)[nH]1. The molecule has 0 spiro atoms. The highest BCUT2D eigenvalue weighted by Crippen LogP contribution is 2.21. The van der Waals surface area contributed by atoms with Gasteiger partial charge < -0.3 is 15.4 Å². The topological polar surface area (TPSA) is 78.0 Å². The fourth-order valence-electron chi connectivity index (χ4n) is 1.58. The van der Waals surface area contributed by atoms with E-state index >= 15 is 0 Å². The fourth-order valence-corrected chi connectivity index (χ4v) is 1.98.